The third kappa shape index (κ3) is 4.95. The van der Waals surface area contributed by atoms with Crippen LogP contribution < -0.4 is 20.3 Å². The number of benzene rings is 2. The zero-order valence-electron chi connectivity index (χ0n) is 23.8. The number of thiocarbonyl (C=S) groups is 1. The number of nitrogens with zero attached hydrogens (tertiary/aromatic N) is 3. The Hall–Kier alpha value is -4.17. The summed E-state index contributed by atoms with van der Waals surface area (Å²) in [4.78, 5) is 18.9. The highest BCUT2D eigenvalue weighted by molar-refractivity contribution is 7.80. The maximum atomic E-state index is 12.1. The largest absolute Gasteiger partial charge is 0.494 e. The highest BCUT2D eigenvalue weighted by Crippen LogP contribution is 2.45. The van der Waals surface area contributed by atoms with Crippen LogP contribution >= 0.6 is 12.2 Å². The van der Waals surface area contributed by atoms with Crippen LogP contribution in [0.1, 0.15) is 59.2 Å². The standard InChI is InChI=1S/C32H35N5O2S/c1-7-29(38)34-25-14-13-23(18-28(25)39-6)37-31(30(35-32(37)40)26-10-8-9-15-33-26)24-17-21(4)36(22(24)5)27-16-19(2)11-12-20(27)3/h8-18,30-31H,7H2,1-6H3,(H,34,38)(H,35,40)/t30-,31-/m0/s1. The number of rotatable bonds is 7. The first kappa shape index (κ1) is 27.4. The SMILES string of the molecule is CCC(=O)Nc1ccc(N2C(=S)N[C@@H](c3ccccn3)[C@@H]2c2cc(C)n(-c3cc(C)ccc3C)c2C)cc1OC. The maximum Gasteiger partial charge on any atom is 0.224 e. The van der Waals surface area contributed by atoms with Crippen molar-refractivity contribution < 1.29 is 9.53 Å². The summed E-state index contributed by atoms with van der Waals surface area (Å²) in [7, 11) is 1.60. The van der Waals surface area contributed by atoms with Gasteiger partial charge >= 0.3 is 0 Å². The first-order valence-electron chi connectivity index (χ1n) is 13.5. The van der Waals surface area contributed by atoms with Gasteiger partial charge in [0.15, 0.2) is 5.11 Å². The predicted octanol–water partition coefficient (Wildman–Crippen LogP) is 6.64. The highest BCUT2D eigenvalue weighted by atomic mass is 32.1. The second-order valence-electron chi connectivity index (χ2n) is 10.2. The summed E-state index contributed by atoms with van der Waals surface area (Å²) in [5.41, 5.74) is 9.46. The van der Waals surface area contributed by atoms with Crippen molar-refractivity contribution in [3.05, 3.63) is 101 Å². The monoisotopic (exact) mass is 553 g/mol. The lowest BCUT2D eigenvalue weighted by atomic mass is 9.96. The first-order valence-corrected chi connectivity index (χ1v) is 13.9. The number of anilines is 2. The number of aromatic nitrogens is 2. The van der Waals surface area contributed by atoms with Crippen molar-refractivity contribution in [2.45, 2.75) is 53.1 Å². The molecule has 0 spiro atoms. The van der Waals surface area contributed by atoms with E-state index in [-0.39, 0.29) is 18.0 Å². The van der Waals surface area contributed by atoms with Gasteiger partial charge in [-0.05, 0) is 93.0 Å². The van der Waals surface area contributed by atoms with Crippen molar-refractivity contribution in [2.75, 3.05) is 17.3 Å². The fourth-order valence-electron chi connectivity index (χ4n) is 5.54. The van der Waals surface area contributed by atoms with Crippen molar-refractivity contribution in [1.29, 1.82) is 0 Å². The van der Waals surface area contributed by atoms with Crippen LogP contribution in [0.5, 0.6) is 5.75 Å². The van der Waals surface area contributed by atoms with E-state index in [9.17, 15) is 4.79 Å². The second kappa shape index (κ2) is 11.1. The molecule has 1 fully saturated rings. The molecule has 7 nitrogen and oxygen atoms in total. The lowest BCUT2D eigenvalue weighted by Crippen LogP contribution is -2.29. The van der Waals surface area contributed by atoms with Gasteiger partial charge in [-0.1, -0.05) is 25.1 Å². The van der Waals surface area contributed by atoms with Crippen molar-refractivity contribution in [2.24, 2.45) is 0 Å². The number of carbonyl (C=O) groups excluding carboxylic acids is 1. The molecular weight excluding hydrogens is 518 g/mol. The number of aryl methyl sites for hydroxylation is 3. The van der Waals surface area contributed by atoms with Gasteiger partial charge in [0.05, 0.1) is 30.6 Å². The number of methoxy groups -OCH3 is 1. The molecule has 2 aromatic heterocycles. The average molecular weight is 554 g/mol. The van der Waals surface area contributed by atoms with Crippen LogP contribution in [0.25, 0.3) is 5.69 Å². The second-order valence-corrected chi connectivity index (χ2v) is 10.6. The quantitative estimate of drug-likeness (QED) is 0.250. The van der Waals surface area contributed by atoms with E-state index < -0.39 is 0 Å². The zero-order valence-corrected chi connectivity index (χ0v) is 24.6. The number of pyridine rings is 1. The van der Waals surface area contributed by atoms with Gasteiger partial charge in [-0.2, -0.15) is 0 Å². The Bertz CT molecular complexity index is 1580. The molecule has 2 atom stereocenters. The van der Waals surface area contributed by atoms with E-state index in [0.717, 1.165) is 28.3 Å². The van der Waals surface area contributed by atoms with Gasteiger partial charge < -0.3 is 24.8 Å². The Morgan fingerprint density at radius 3 is 2.58 bits per heavy atom. The van der Waals surface area contributed by atoms with Gasteiger partial charge in [0.1, 0.15) is 5.75 Å². The van der Waals surface area contributed by atoms with E-state index in [4.69, 9.17) is 21.9 Å². The van der Waals surface area contributed by atoms with Crippen molar-refractivity contribution in [3.8, 4) is 11.4 Å². The minimum Gasteiger partial charge on any atom is -0.494 e. The minimum atomic E-state index is -0.174. The molecular formula is C32H35N5O2S. The molecule has 8 heteroatoms. The van der Waals surface area contributed by atoms with E-state index in [1.54, 1.807) is 7.11 Å². The molecule has 1 aliphatic heterocycles. The molecule has 0 unspecified atom stereocenters. The third-order valence-electron chi connectivity index (χ3n) is 7.55. The molecule has 2 aromatic carbocycles. The molecule has 1 amide bonds. The van der Waals surface area contributed by atoms with Gasteiger partial charge in [-0.25, -0.2) is 0 Å². The molecule has 0 saturated carbocycles. The van der Waals surface area contributed by atoms with Gasteiger partial charge in [0, 0.05) is 41.4 Å². The molecule has 1 saturated heterocycles. The molecule has 0 radical (unpaired) electrons. The number of hydrogen-bond acceptors (Lipinski definition) is 4. The van der Waals surface area contributed by atoms with Crippen molar-refractivity contribution >= 4 is 34.6 Å². The van der Waals surface area contributed by atoms with Gasteiger partial charge in [0.25, 0.3) is 0 Å². The van der Waals surface area contributed by atoms with E-state index in [1.165, 1.54) is 16.8 Å². The normalized spacial score (nSPS) is 16.6. The van der Waals surface area contributed by atoms with E-state index in [1.807, 2.05) is 49.5 Å². The molecule has 1 aliphatic rings. The topological polar surface area (TPSA) is 71.4 Å². The van der Waals surface area contributed by atoms with E-state index in [2.05, 4.69) is 72.1 Å². The van der Waals surface area contributed by atoms with Crippen LogP contribution in [0.2, 0.25) is 0 Å². The number of ether oxygens (including phenoxy) is 1. The van der Waals surface area contributed by atoms with Crippen LogP contribution in [-0.2, 0) is 4.79 Å². The smallest absolute Gasteiger partial charge is 0.224 e. The Labute approximate surface area is 241 Å². The summed E-state index contributed by atoms with van der Waals surface area (Å²) < 4.78 is 8.02. The van der Waals surface area contributed by atoms with Gasteiger partial charge in [-0.15, -0.1) is 0 Å². The number of carbonyl (C=O) groups is 1. The fraction of sp³-hybridized carbons (Fsp3) is 0.281. The summed E-state index contributed by atoms with van der Waals surface area (Å²) in [5.74, 6) is 0.499. The Morgan fingerprint density at radius 1 is 1.07 bits per heavy atom. The molecule has 5 rings (SSSR count). The summed E-state index contributed by atoms with van der Waals surface area (Å²) in [6.45, 7) is 10.4. The maximum absolute atomic E-state index is 12.1. The van der Waals surface area contributed by atoms with Gasteiger partial charge in [-0.3, -0.25) is 9.78 Å². The minimum absolute atomic E-state index is 0.0728. The van der Waals surface area contributed by atoms with E-state index >= 15 is 0 Å². The number of amides is 1. The molecule has 206 valence electrons. The van der Waals surface area contributed by atoms with Gasteiger partial charge in [0.2, 0.25) is 5.91 Å². The molecule has 40 heavy (non-hydrogen) atoms. The highest BCUT2D eigenvalue weighted by Gasteiger charge is 2.42. The summed E-state index contributed by atoms with van der Waals surface area (Å²) >= 11 is 5.96. The van der Waals surface area contributed by atoms with E-state index in [0.29, 0.717) is 23.0 Å². The summed E-state index contributed by atoms with van der Waals surface area (Å²) in [5, 5.41) is 7.07. The Balaban J connectivity index is 1.66. The van der Waals surface area contributed by atoms with Crippen molar-refractivity contribution in [1.82, 2.24) is 14.9 Å². The predicted molar refractivity (Wildman–Crippen MR) is 165 cm³/mol. The number of hydrogen-bond donors (Lipinski definition) is 2. The van der Waals surface area contributed by atoms with Crippen LogP contribution in [0.15, 0.2) is 66.9 Å². The summed E-state index contributed by atoms with van der Waals surface area (Å²) in [6, 6.07) is 20.2. The first-order chi connectivity index (χ1) is 19.2. The Morgan fingerprint density at radius 2 is 1.88 bits per heavy atom. The lowest BCUT2D eigenvalue weighted by Gasteiger charge is -2.29. The average Bonchev–Trinajstić information content (AvgIpc) is 3.45. The fourth-order valence-corrected chi connectivity index (χ4v) is 5.88. The molecule has 2 N–H and O–H groups in total. The zero-order chi connectivity index (χ0) is 28.6. The molecule has 0 bridgehead atoms. The summed E-state index contributed by atoms with van der Waals surface area (Å²) in [6.07, 6.45) is 2.20. The molecule has 4 aromatic rings. The third-order valence-corrected chi connectivity index (χ3v) is 7.87. The Kier molecular flexibility index (Phi) is 7.63. The number of nitrogens with one attached hydrogen (secondary N) is 2. The van der Waals surface area contributed by atoms with Crippen LogP contribution in [0.3, 0.4) is 0 Å². The van der Waals surface area contributed by atoms with Crippen LogP contribution in [0.4, 0.5) is 11.4 Å². The van der Waals surface area contributed by atoms with Crippen LogP contribution in [0, 0.1) is 27.7 Å². The molecule has 3 heterocycles. The molecule has 0 aliphatic carbocycles. The van der Waals surface area contributed by atoms with Crippen LogP contribution in [-0.4, -0.2) is 27.7 Å². The lowest BCUT2D eigenvalue weighted by molar-refractivity contribution is -0.115. The van der Waals surface area contributed by atoms with Crippen molar-refractivity contribution in [3.63, 3.8) is 0 Å².